The van der Waals surface area contributed by atoms with Crippen LogP contribution >= 0.6 is 12.4 Å². The Balaban J connectivity index is 0.00000200. The van der Waals surface area contributed by atoms with Crippen molar-refractivity contribution >= 4 is 24.1 Å². The molecule has 0 aromatic heterocycles. The Morgan fingerprint density at radius 3 is 2.60 bits per heavy atom. The third-order valence-corrected chi connectivity index (χ3v) is 3.72. The van der Waals surface area contributed by atoms with E-state index in [1.165, 1.54) is 32.4 Å². The molecular weight excluding hydrogens is 276 g/mol. The largest absolute Gasteiger partial charge is 0.545 e. The highest BCUT2D eigenvalue weighted by molar-refractivity contribution is 5.88. The van der Waals surface area contributed by atoms with Crippen LogP contribution in [0.2, 0.25) is 0 Å². The lowest BCUT2D eigenvalue weighted by Gasteiger charge is -2.26. The molecule has 2 rings (SSSR count). The molecular formula is C15H22ClN2O2-. The summed E-state index contributed by atoms with van der Waals surface area (Å²) in [5, 5.41) is 11.0. The van der Waals surface area contributed by atoms with Gasteiger partial charge < -0.3 is 20.5 Å². The van der Waals surface area contributed by atoms with Crippen LogP contribution in [0.25, 0.3) is 0 Å². The van der Waals surface area contributed by atoms with Crippen molar-refractivity contribution < 1.29 is 9.90 Å². The number of nitrogen functional groups attached to an aromatic ring is 1. The number of aromatic carboxylic acids is 1. The van der Waals surface area contributed by atoms with E-state index in [-0.39, 0.29) is 18.0 Å². The van der Waals surface area contributed by atoms with Crippen molar-refractivity contribution in [2.24, 2.45) is 0 Å². The van der Waals surface area contributed by atoms with Crippen LogP contribution < -0.4 is 10.8 Å². The smallest absolute Gasteiger partial charge is 0.0718 e. The first-order chi connectivity index (χ1) is 9.16. The molecule has 0 saturated carbocycles. The van der Waals surface area contributed by atoms with E-state index in [0.717, 1.165) is 24.9 Å². The summed E-state index contributed by atoms with van der Waals surface area (Å²) < 4.78 is 0. The van der Waals surface area contributed by atoms with Crippen LogP contribution in [0.15, 0.2) is 18.2 Å². The van der Waals surface area contributed by atoms with Crippen molar-refractivity contribution in [1.29, 1.82) is 0 Å². The van der Waals surface area contributed by atoms with E-state index in [1.807, 2.05) is 0 Å². The first-order valence-corrected chi connectivity index (χ1v) is 6.99. The lowest BCUT2D eigenvalue weighted by Crippen LogP contribution is -2.31. The number of carbonyl (C=O) groups excluding carboxylic acids is 1. The number of carboxylic acid groups (broad SMARTS) is 1. The minimum atomic E-state index is -1.12. The first-order valence-electron chi connectivity index (χ1n) is 6.99. The molecule has 112 valence electrons. The molecule has 4 nitrogen and oxygen atoms in total. The number of hydrogen-bond donors (Lipinski definition) is 1. The van der Waals surface area contributed by atoms with Crippen molar-refractivity contribution in [2.75, 3.05) is 25.4 Å². The number of halogens is 1. The molecule has 20 heavy (non-hydrogen) atoms. The normalized spacial score (nSPS) is 15.6. The number of carbonyl (C=O) groups is 1. The molecule has 5 heteroatoms. The van der Waals surface area contributed by atoms with E-state index in [0.29, 0.717) is 5.69 Å². The second kappa shape index (κ2) is 8.12. The average molecular weight is 298 g/mol. The molecule has 1 fully saturated rings. The average Bonchev–Trinajstić information content (AvgIpc) is 2.39. The number of benzene rings is 1. The third-order valence-electron chi connectivity index (χ3n) is 3.72. The molecule has 1 aliphatic rings. The Kier molecular flexibility index (Phi) is 6.82. The second-order valence-corrected chi connectivity index (χ2v) is 5.21. The maximum atomic E-state index is 11.0. The molecule has 1 aromatic carbocycles. The van der Waals surface area contributed by atoms with Crippen LogP contribution in [0.3, 0.4) is 0 Å². The molecule has 0 unspecified atom stereocenters. The quantitative estimate of drug-likeness (QED) is 0.836. The van der Waals surface area contributed by atoms with Crippen LogP contribution in [-0.4, -0.2) is 30.5 Å². The standard InChI is InChI=1S/C15H22N2O2.ClH/c16-13-6-7-14(15(18)19)12(11-13)5-4-10-17-8-2-1-3-9-17;/h6-7,11H,1-5,8-10,16H2,(H,18,19);1H/p-1. The van der Waals surface area contributed by atoms with Gasteiger partial charge in [0.25, 0.3) is 0 Å². The predicted octanol–water partition coefficient (Wildman–Crippen LogP) is 1.47. The molecule has 1 aliphatic heterocycles. The van der Waals surface area contributed by atoms with Gasteiger partial charge in [0, 0.05) is 11.3 Å². The van der Waals surface area contributed by atoms with Gasteiger partial charge >= 0.3 is 0 Å². The maximum absolute atomic E-state index is 11.0. The van der Waals surface area contributed by atoms with Gasteiger partial charge in [0.2, 0.25) is 0 Å². The molecule has 1 aromatic rings. The highest BCUT2D eigenvalue weighted by atomic mass is 35.5. The Hall–Kier alpha value is -1.26. The van der Waals surface area contributed by atoms with E-state index in [9.17, 15) is 9.90 Å². The van der Waals surface area contributed by atoms with Crippen molar-refractivity contribution in [3.05, 3.63) is 29.3 Å². The number of piperidine rings is 1. The molecule has 1 heterocycles. The summed E-state index contributed by atoms with van der Waals surface area (Å²) in [5.74, 6) is -1.12. The molecule has 0 aliphatic carbocycles. The number of nitrogens with zero attached hydrogens (tertiary/aromatic N) is 1. The monoisotopic (exact) mass is 297 g/mol. The number of aryl methyl sites for hydroxylation is 1. The van der Waals surface area contributed by atoms with Crippen molar-refractivity contribution in [3.63, 3.8) is 0 Å². The SMILES string of the molecule is Cl.Nc1ccc(C(=O)[O-])c(CCCN2CCCCC2)c1. The highest BCUT2D eigenvalue weighted by Crippen LogP contribution is 2.16. The minimum absolute atomic E-state index is 0. The summed E-state index contributed by atoms with van der Waals surface area (Å²) in [4.78, 5) is 13.5. The van der Waals surface area contributed by atoms with Gasteiger partial charge in [0.05, 0.1) is 5.97 Å². The van der Waals surface area contributed by atoms with E-state index < -0.39 is 5.97 Å². The van der Waals surface area contributed by atoms with Crippen LogP contribution in [0.4, 0.5) is 5.69 Å². The fourth-order valence-corrected chi connectivity index (χ4v) is 2.70. The van der Waals surface area contributed by atoms with E-state index in [1.54, 1.807) is 18.2 Å². The fraction of sp³-hybridized carbons (Fsp3) is 0.533. The van der Waals surface area contributed by atoms with Gasteiger partial charge in [-0.15, -0.1) is 12.4 Å². The van der Waals surface area contributed by atoms with Gasteiger partial charge in [-0.2, -0.15) is 0 Å². The van der Waals surface area contributed by atoms with Gasteiger partial charge in [-0.05, 0) is 63.0 Å². The lowest BCUT2D eigenvalue weighted by atomic mass is 10.0. The molecule has 1 saturated heterocycles. The zero-order valence-electron chi connectivity index (χ0n) is 11.6. The van der Waals surface area contributed by atoms with Crippen LogP contribution in [0.1, 0.15) is 41.6 Å². The summed E-state index contributed by atoms with van der Waals surface area (Å²) >= 11 is 0. The summed E-state index contributed by atoms with van der Waals surface area (Å²) in [5.41, 5.74) is 7.39. The number of anilines is 1. The van der Waals surface area contributed by atoms with E-state index in [2.05, 4.69) is 4.90 Å². The van der Waals surface area contributed by atoms with Crippen LogP contribution in [0.5, 0.6) is 0 Å². The number of carboxylic acids is 1. The van der Waals surface area contributed by atoms with Gasteiger partial charge in [0.1, 0.15) is 0 Å². The second-order valence-electron chi connectivity index (χ2n) is 5.21. The Morgan fingerprint density at radius 1 is 1.25 bits per heavy atom. The first kappa shape index (κ1) is 16.8. The molecule has 2 N–H and O–H groups in total. The number of likely N-dealkylation sites (tertiary alicyclic amines) is 1. The summed E-state index contributed by atoms with van der Waals surface area (Å²) in [6.07, 6.45) is 5.60. The molecule has 0 amide bonds. The van der Waals surface area contributed by atoms with Crippen molar-refractivity contribution in [2.45, 2.75) is 32.1 Å². The predicted molar refractivity (Wildman–Crippen MR) is 81.0 cm³/mol. The number of hydrogen-bond acceptors (Lipinski definition) is 4. The van der Waals surface area contributed by atoms with Crippen molar-refractivity contribution in [1.82, 2.24) is 4.90 Å². The van der Waals surface area contributed by atoms with E-state index >= 15 is 0 Å². The minimum Gasteiger partial charge on any atom is -0.545 e. The Morgan fingerprint density at radius 2 is 1.95 bits per heavy atom. The summed E-state index contributed by atoms with van der Waals surface area (Å²) in [6, 6.07) is 4.90. The maximum Gasteiger partial charge on any atom is 0.0718 e. The zero-order valence-corrected chi connectivity index (χ0v) is 12.5. The van der Waals surface area contributed by atoms with Crippen LogP contribution in [-0.2, 0) is 6.42 Å². The zero-order chi connectivity index (χ0) is 13.7. The van der Waals surface area contributed by atoms with Crippen LogP contribution in [0, 0.1) is 0 Å². The third kappa shape index (κ3) is 4.69. The number of rotatable bonds is 5. The fourth-order valence-electron chi connectivity index (χ4n) is 2.70. The lowest BCUT2D eigenvalue weighted by molar-refractivity contribution is -0.255. The van der Waals surface area contributed by atoms with E-state index in [4.69, 9.17) is 5.73 Å². The number of nitrogens with two attached hydrogens (primary N) is 1. The van der Waals surface area contributed by atoms with Crippen molar-refractivity contribution in [3.8, 4) is 0 Å². The molecule has 0 spiro atoms. The Labute approximate surface area is 126 Å². The summed E-state index contributed by atoms with van der Waals surface area (Å²) in [7, 11) is 0. The van der Waals surface area contributed by atoms with Gasteiger partial charge in [-0.1, -0.05) is 12.5 Å². The topological polar surface area (TPSA) is 69.4 Å². The Bertz CT molecular complexity index is 445. The van der Waals surface area contributed by atoms with Gasteiger partial charge in [-0.3, -0.25) is 0 Å². The molecule has 0 bridgehead atoms. The highest BCUT2D eigenvalue weighted by Gasteiger charge is 2.10. The van der Waals surface area contributed by atoms with Gasteiger partial charge in [0.15, 0.2) is 0 Å². The molecule has 0 atom stereocenters. The molecule has 0 radical (unpaired) electrons. The summed E-state index contributed by atoms with van der Waals surface area (Å²) in [6.45, 7) is 3.37. The van der Waals surface area contributed by atoms with Gasteiger partial charge in [-0.25, -0.2) is 0 Å².